The fraction of sp³-hybridized carbons (Fsp3) is 1.00. The van der Waals surface area contributed by atoms with Crippen LogP contribution < -0.4 is 0 Å². The fourth-order valence-electron chi connectivity index (χ4n) is 16.0. The molecule has 408 valence electrons. The molecule has 0 saturated heterocycles. The maximum absolute atomic E-state index is 2.55. The maximum atomic E-state index is 2.55. The Balaban J connectivity index is 1.20. The van der Waals surface area contributed by atoms with Gasteiger partial charge in [-0.05, 0) is 128 Å². The second-order valence-electron chi connectivity index (χ2n) is 27.9. The van der Waals surface area contributed by atoms with Gasteiger partial charge in [-0.15, -0.1) is 0 Å². The lowest BCUT2D eigenvalue weighted by Gasteiger charge is -2.35. The molecule has 0 aromatic heterocycles. The zero-order valence-corrected chi connectivity index (χ0v) is 49.4. The molecule has 0 radical (unpaired) electrons. The summed E-state index contributed by atoms with van der Waals surface area (Å²) in [5, 5.41) is 0. The lowest BCUT2D eigenvalue weighted by molar-refractivity contribution is 0.171. The van der Waals surface area contributed by atoms with Crippen LogP contribution in [0.2, 0.25) is 0 Å². The van der Waals surface area contributed by atoms with Gasteiger partial charge in [0, 0.05) is 0 Å². The van der Waals surface area contributed by atoms with Crippen molar-refractivity contribution in [3.8, 4) is 0 Å². The van der Waals surface area contributed by atoms with Crippen molar-refractivity contribution in [2.45, 2.75) is 364 Å². The van der Waals surface area contributed by atoms with Gasteiger partial charge in [0.15, 0.2) is 0 Å². The molecule has 0 N–H and O–H groups in total. The van der Waals surface area contributed by atoms with E-state index in [0.29, 0.717) is 5.41 Å². The van der Waals surface area contributed by atoms with E-state index in [1.54, 1.807) is 25.7 Å². The van der Waals surface area contributed by atoms with Crippen LogP contribution >= 0.6 is 0 Å². The van der Waals surface area contributed by atoms with Crippen molar-refractivity contribution in [1.29, 1.82) is 0 Å². The molecular formula is C69H132. The van der Waals surface area contributed by atoms with Crippen molar-refractivity contribution >= 4 is 0 Å². The Morgan fingerprint density at radius 1 is 0.261 bits per heavy atom. The fourth-order valence-corrected chi connectivity index (χ4v) is 16.0. The molecule has 0 heteroatoms. The van der Waals surface area contributed by atoms with Crippen LogP contribution in [-0.4, -0.2) is 0 Å². The van der Waals surface area contributed by atoms with E-state index >= 15 is 0 Å². The van der Waals surface area contributed by atoms with E-state index < -0.39 is 0 Å². The third kappa shape index (κ3) is 26.9. The summed E-state index contributed by atoms with van der Waals surface area (Å²) >= 11 is 0. The molecule has 4 saturated carbocycles. The molecule has 4 aliphatic rings. The van der Waals surface area contributed by atoms with Gasteiger partial charge in [-0.25, -0.2) is 0 Å². The molecule has 12 atom stereocenters. The molecule has 4 fully saturated rings. The predicted octanol–water partition coefficient (Wildman–Crippen LogP) is 24.3. The highest BCUT2D eigenvalue weighted by Crippen LogP contribution is 2.44. The van der Waals surface area contributed by atoms with Gasteiger partial charge in [0.25, 0.3) is 0 Å². The van der Waals surface area contributed by atoms with Crippen molar-refractivity contribution < 1.29 is 0 Å². The Hall–Kier alpha value is 0. The minimum Gasteiger partial charge on any atom is -0.0651 e. The van der Waals surface area contributed by atoms with E-state index in [2.05, 4.69) is 55.4 Å². The minimum absolute atomic E-state index is 0.643. The van der Waals surface area contributed by atoms with Crippen LogP contribution in [0.5, 0.6) is 0 Å². The predicted molar refractivity (Wildman–Crippen MR) is 311 cm³/mol. The van der Waals surface area contributed by atoms with Crippen LogP contribution in [0.4, 0.5) is 0 Å². The van der Waals surface area contributed by atoms with E-state index in [0.717, 1.165) is 71.0 Å². The first kappa shape index (κ1) is 61.5. The van der Waals surface area contributed by atoms with Crippen LogP contribution in [0.3, 0.4) is 0 Å². The highest BCUT2D eigenvalue weighted by Gasteiger charge is 2.30. The van der Waals surface area contributed by atoms with Crippen LogP contribution in [0.25, 0.3) is 0 Å². The van der Waals surface area contributed by atoms with Crippen molar-refractivity contribution in [3.05, 3.63) is 0 Å². The Kier molecular flexibility index (Phi) is 33.6. The van der Waals surface area contributed by atoms with Gasteiger partial charge in [0.05, 0.1) is 0 Å². The third-order valence-electron chi connectivity index (χ3n) is 22.1. The average Bonchev–Trinajstić information content (AvgIpc) is 3.50. The molecule has 0 heterocycles. The smallest absolute Gasteiger partial charge is 0.0297 e. The first-order valence-corrected chi connectivity index (χ1v) is 33.6. The van der Waals surface area contributed by atoms with Gasteiger partial charge in [-0.2, -0.15) is 0 Å². The van der Waals surface area contributed by atoms with Gasteiger partial charge < -0.3 is 0 Å². The summed E-state index contributed by atoms with van der Waals surface area (Å²) in [6, 6.07) is 0. The van der Waals surface area contributed by atoms with Gasteiger partial charge in [0.1, 0.15) is 0 Å². The zero-order valence-electron chi connectivity index (χ0n) is 49.4. The molecule has 0 nitrogen and oxygen atoms in total. The molecule has 0 aromatic rings. The summed E-state index contributed by atoms with van der Waals surface area (Å²) in [4.78, 5) is 0. The van der Waals surface area contributed by atoms with Gasteiger partial charge >= 0.3 is 0 Å². The van der Waals surface area contributed by atoms with Gasteiger partial charge in [-0.1, -0.05) is 312 Å². The molecule has 4 aliphatic carbocycles. The largest absolute Gasteiger partial charge is 0.0651 e. The highest BCUT2D eigenvalue weighted by molar-refractivity contribution is 4.82. The molecule has 12 unspecified atom stereocenters. The first-order chi connectivity index (χ1) is 33.6. The standard InChI is InChI=1S/C69H132/c1-9-68-56-67(48-45-60(68)5)41-31-22-15-12-18-26-34-51-69(52-35-27-19-23-28-38-64-42-36-37-57(2)61(6)53-64,49-32-24-16-10-13-20-29-39-65-46-43-58(3)62(7)54-65)50-33-25-17-11-14-21-30-40-66-47-44-59(4)63(8)55-66/h57-68H,9-56H2,1-8H3. The average molecular weight is 962 g/mol. The topological polar surface area (TPSA) is 0 Å². The van der Waals surface area contributed by atoms with Crippen molar-refractivity contribution in [2.24, 2.45) is 76.4 Å². The zero-order chi connectivity index (χ0) is 49.4. The summed E-state index contributed by atoms with van der Waals surface area (Å²) < 4.78 is 0. The summed E-state index contributed by atoms with van der Waals surface area (Å²) in [5.74, 6) is 11.9. The summed E-state index contributed by atoms with van der Waals surface area (Å²) in [5.41, 5.74) is 0.643. The summed E-state index contributed by atoms with van der Waals surface area (Å²) in [6.07, 6.45) is 72.6. The maximum Gasteiger partial charge on any atom is -0.0297 e. The monoisotopic (exact) mass is 961 g/mol. The van der Waals surface area contributed by atoms with E-state index in [1.807, 2.05) is 0 Å². The quantitative estimate of drug-likeness (QED) is 0.0425. The molecule has 69 heavy (non-hydrogen) atoms. The summed E-state index contributed by atoms with van der Waals surface area (Å²) in [6.45, 7) is 20.1. The van der Waals surface area contributed by atoms with Crippen LogP contribution in [-0.2, 0) is 0 Å². The summed E-state index contributed by atoms with van der Waals surface area (Å²) in [7, 11) is 0. The second kappa shape index (κ2) is 37.7. The molecule has 0 bridgehead atoms. The van der Waals surface area contributed by atoms with Crippen LogP contribution in [0, 0.1) is 76.4 Å². The van der Waals surface area contributed by atoms with E-state index in [1.165, 1.54) is 283 Å². The highest BCUT2D eigenvalue weighted by atomic mass is 14.4. The molecule has 4 rings (SSSR count). The van der Waals surface area contributed by atoms with Gasteiger partial charge in [-0.3, -0.25) is 0 Å². The first-order valence-electron chi connectivity index (χ1n) is 33.6. The second-order valence-corrected chi connectivity index (χ2v) is 27.9. The van der Waals surface area contributed by atoms with E-state index in [9.17, 15) is 0 Å². The molecule has 0 spiro atoms. The Morgan fingerprint density at radius 2 is 0.536 bits per heavy atom. The Bertz CT molecular complexity index is 1120. The van der Waals surface area contributed by atoms with Crippen molar-refractivity contribution in [2.75, 3.05) is 0 Å². The van der Waals surface area contributed by atoms with Crippen molar-refractivity contribution in [1.82, 2.24) is 0 Å². The van der Waals surface area contributed by atoms with Crippen LogP contribution in [0.15, 0.2) is 0 Å². The molecule has 0 aliphatic heterocycles. The number of unbranched alkanes of at least 4 members (excludes halogenated alkanes) is 22. The Labute approximate surface area is 438 Å². The van der Waals surface area contributed by atoms with Crippen molar-refractivity contribution in [3.63, 3.8) is 0 Å². The number of hydrogen-bond acceptors (Lipinski definition) is 0. The Morgan fingerprint density at radius 3 is 0.870 bits per heavy atom. The van der Waals surface area contributed by atoms with Gasteiger partial charge in [0.2, 0.25) is 0 Å². The lowest BCUT2D eigenvalue weighted by Crippen LogP contribution is -2.22. The lowest BCUT2D eigenvalue weighted by atomic mass is 9.70. The number of rotatable bonds is 39. The SMILES string of the molecule is CCC1CC(CCCCCCCCCC(CCCCCCCCCC2CCC(C)C(C)C2)(CCCCCCCCCC2CCC(C)C(C)C2)CCCCCCCC2CCCC(C)C(C)C2)CCC1C. The third-order valence-corrected chi connectivity index (χ3v) is 22.1. The number of hydrogen-bond donors (Lipinski definition) is 0. The normalized spacial score (nSPS) is 31.1. The minimum atomic E-state index is 0.643. The van der Waals surface area contributed by atoms with Crippen LogP contribution in [0.1, 0.15) is 364 Å². The van der Waals surface area contributed by atoms with E-state index in [4.69, 9.17) is 0 Å². The molecular weight excluding hydrogens is 829 g/mol. The molecule has 0 aromatic carbocycles. The molecule has 0 amide bonds. The van der Waals surface area contributed by atoms with E-state index in [-0.39, 0.29) is 0 Å².